The first-order valence-electron chi connectivity index (χ1n) is 11.1. The van der Waals surface area contributed by atoms with Gasteiger partial charge in [0, 0.05) is 30.6 Å². The molecule has 1 aromatic heterocycles. The van der Waals surface area contributed by atoms with Crippen molar-refractivity contribution in [2.45, 2.75) is 51.2 Å². The molecule has 3 aromatic rings. The summed E-state index contributed by atoms with van der Waals surface area (Å²) in [5, 5.41) is 0. The Kier molecular flexibility index (Phi) is 6.98. The lowest BCUT2D eigenvalue weighted by Gasteiger charge is -2.34. The van der Waals surface area contributed by atoms with E-state index in [9.17, 15) is 9.18 Å². The van der Waals surface area contributed by atoms with E-state index in [0.717, 1.165) is 29.7 Å². The van der Waals surface area contributed by atoms with Crippen LogP contribution in [0.25, 0.3) is 6.08 Å². The molecule has 0 aliphatic heterocycles. The van der Waals surface area contributed by atoms with Crippen molar-refractivity contribution < 1.29 is 9.18 Å². The fraction of sp³-hybridized carbons (Fsp3) is 0.296. The number of amides is 1. The quantitative estimate of drug-likeness (QED) is 0.430. The number of hydrogen-bond acceptors (Lipinski definition) is 1. The van der Waals surface area contributed by atoms with Gasteiger partial charge >= 0.3 is 0 Å². The molecule has 1 amide bonds. The Bertz CT molecular complexity index is 1020. The largest absolute Gasteiger partial charge is 0.345 e. The van der Waals surface area contributed by atoms with Gasteiger partial charge in [0.1, 0.15) is 5.82 Å². The lowest BCUT2D eigenvalue weighted by atomic mass is 9.94. The van der Waals surface area contributed by atoms with Crippen LogP contribution in [0.15, 0.2) is 79.0 Å². The molecule has 4 heteroatoms. The fourth-order valence-electron chi connectivity index (χ4n) is 4.36. The van der Waals surface area contributed by atoms with Crippen molar-refractivity contribution in [2.24, 2.45) is 0 Å². The summed E-state index contributed by atoms with van der Waals surface area (Å²) >= 11 is 0. The molecule has 2 aromatic carbocycles. The van der Waals surface area contributed by atoms with Gasteiger partial charge in [-0.05, 0) is 54.3 Å². The molecule has 1 aliphatic rings. The van der Waals surface area contributed by atoms with Crippen LogP contribution in [0.2, 0.25) is 0 Å². The maximum Gasteiger partial charge on any atom is 0.247 e. The Morgan fingerprint density at radius 3 is 2.58 bits per heavy atom. The van der Waals surface area contributed by atoms with Gasteiger partial charge in [0.05, 0.1) is 6.54 Å². The molecule has 160 valence electrons. The van der Waals surface area contributed by atoms with Crippen LogP contribution in [0.4, 0.5) is 4.39 Å². The van der Waals surface area contributed by atoms with Gasteiger partial charge in [0.15, 0.2) is 0 Å². The van der Waals surface area contributed by atoms with Crippen molar-refractivity contribution in [3.05, 3.63) is 102 Å². The van der Waals surface area contributed by atoms with Crippen molar-refractivity contribution in [2.75, 3.05) is 0 Å². The Labute approximate surface area is 183 Å². The van der Waals surface area contributed by atoms with Gasteiger partial charge in [-0.2, -0.15) is 0 Å². The zero-order valence-corrected chi connectivity index (χ0v) is 17.8. The number of carbonyl (C=O) groups excluding carboxylic acids is 1. The predicted molar refractivity (Wildman–Crippen MR) is 123 cm³/mol. The molecule has 1 fully saturated rings. The first-order valence-corrected chi connectivity index (χ1v) is 11.1. The minimum absolute atomic E-state index is 0.0502. The van der Waals surface area contributed by atoms with Crippen LogP contribution >= 0.6 is 0 Å². The maximum absolute atomic E-state index is 13.6. The van der Waals surface area contributed by atoms with E-state index < -0.39 is 0 Å². The van der Waals surface area contributed by atoms with Gasteiger partial charge in [-0.1, -0.05) is 61.7 Å². The van der Waals surface area contributed by atoms with Crippen LogP contribution in [0.5, 0.6) is 0 Å². The predicted octanol–water partition coefficient (Wildman–Crippen LogP) is 6.05. The number of benzene rings is 2. The van der Waals surface area contributed by atoms with Crippen molar-refractivity contribution in [1.29, 1.82) is 0 Å². The number of rotatable bonds is 7. The van der Waals surface area contributed by atoms with Gasteiger partial charge in [-0.3, -0.25) is 4.79 Å². The van der Waals surface area contributed by atoms with E-state index in [1.54, 1.807) is 18.2 Å². The molecule has 0 saturated heterocycles. The molecule has 1 heterocycles. The summed E-state index contributed by atoms with van der Waals surface area (Å²) < 4.78 is 15.7. The topological polar surface area (TPSA) is 25.2 Å². The third-order valence-corrected chi connectivity index (χ3v) is 6.01. The van der Waals surface area contributed by atoms with E-state index in [1.807, 2.05) is 59.6 Å². The van der Waals surface area contributed by atoms with E-state index >= 15 is 0 Å². The number of hydrogen-bond donors (Lipinski definition) is 0. The summed E-state index contributed by atoms with van der Waals surface area (Å²) in [7, 11) is 0. The highest BCUT2D eigenvalue weighted by molar-refractivity contribution is 5.92. The summed E-state index contributed by atoms with van der Waals surface area (Å²) in [4.78, 5) is 15.3. The van der Waals surface area contributed by atoms with Gasteiger partial charge < -0.3 is 9.47 Å². The first kappa shape index (κ1) is 21.1. The van der Waals surface area contributed by atoms with Crippen LogP contribution in [-0.4, -0.2) is 21.4 Å². The third-order valence-electron chi connectivity index (χ3n) is 6.01. The van der Waals surface area contributed by atoms with E-state index in [1.165, 1.54) is 25.3 Å². The number of aromatic nitrogens is 1. The van der Waals surface area contributed by atoms with E-state index in [-0.39, 0.29) is 17.8 Å². The monoisotopic (exact) mass is 416 g/mol. The smallest absolute Gasteiger partial charge is 0.247 e. The standard InChI is InChI=1S/C27H29FN2O/c28-24-12-7-11-23(19-24)20-29-18-8-15-26(29)21-30(25-13-5-2-6-14-25)27(31)17-16-22-9-3-1-4-10-22/h1,3-4,7-12,15-19,25H,2,5-6,13-14,20-21H2/b17-16+. The van der Waals surface area contributed by atoms with Gasteiger partial charge in [-0.25, -0.2) is 4.39 Å². The fourth-order valence-corrected chi connectivity index (χ4v) is 4.36. The second-order valence-corrected chi connectivity index (χ2v) is 8.26. The molecular weight excluding hydrogens is 387 g/mol. The molecule has 31 heavy (non-hydrogen) atoms. The Morgan fingerprint density at radius 2 is 1.81 bits per heavy atom. The minimum Gasteiger partial charge on any atom is -0.345 e. The number of halogens is 1. The lowest BCUT2D eigenvalue weighted by Crippen LogP contribution is -2.40. The highest BCUT2D eigenvalue weighted by Crippen LogP contribution is 2.25. The Balaban J connectivity index is 1.53. The highest BCUT2D eigenvalue weighted by Gasteiger charge is 2.25. The van der Waals surface area contributed by atoms with Crippen LogP contribution in [0, 0.1) is 5.82 Å². The zero-order valence-electron chi connectivity index (χ0n) is 17.8. The summed E-state index contributed by atoms with van der Waals surface area (Å²) in [6.07, 6.45) is 11.3. The molecule has 0 spiro atoms. The molecule has 0 radical (unpaired) electrons. The van der Waals surface area contributed by atoms with Gasteiger partial charge in [-0.15, -0.1) is 0 Å². The highest BCUT2D eigenvalue weighted by atomic mass is 19.1. The summed E-state index contributed by atoms with van der Waals surface area (Å²) in [6.45, 7) is 1.15. The van der Waals surface area contributed by atoms with E-state index in [4.69, 9.17) is 0 Å². The normalized spacial score (nSPS) is 14.7. The van der Waals surface area contributed by atoms with Crippen molar-refractivity contribution in [3.63, 3.8) is 0 Å². The van der Waals surface area contributed by atoms with E-state index in [0.29, 0.717) is 13.1 Å². The van der Waals surface area contributed by atoms with Crippen molar-refractivity contribution in [3.8, 4) is 0 Å². The van der Waals surface area contributed by atoms with Gasteiger partial charge in [0.2, 0.25) is 5.91 Å². The van der Waals surface area contributed by atoms with Crippen LogP contribution < -0.4 is 0 Å². The summed E-state index contributed by atoms with van der Waals surface area (Å²) in [5.74, 6) is -0.175. The Morgan fingerprint density at radius 1 is 1.00 bits per heavy atom. The second-order valence-electron chi connectivity index (χ2n) is 8.26. The molecule has 0 bridgehead atoms. The van der Waals surface area contributed by atoms with Crippen LogP contribution in [0.3, 0.4) is 0 Å². The zero-order chi connectivity index (χ0) is 21.5. The molecule has 0 unspecified atom stereocenters. The third kappa shape index (κ3) is 5.72. The van der Waals surface area contributed by atoms with Crippen molar-refractivity contribution in [1.82, 2.24) is 9.47 Å². The number of nitrogens with zero attached hydrogens (tertiary/aromatic N) is 2. The maximum atomic E-state index is 13.6. The van der Waals surface area contributed by atoms with E-state index in [2.05, 4.69) is 10.6 Å². The minimum atomic E-state index is -0.226. The molecule has 1 aliphatic carbocycles. The lowest BCUT2D eigenvalue weighted by molar-refractivity contribution is -0.129. The number of carbonyl (C=O) groups is 1. The molecule has 0 atom stereocenters. The van der Waals surface area contributed by atoms with Crippen molar-refractivity contribution >= 4 is 12.0 Å². The Hall–Kier alpha value is -3.14. The molecular formula is C27H29FN2O. The molecule has 1 saturated carbocycles. The van der Waals surface area contributed by atoms with Crippen LogP contribution in [-0.2, 0) is 17.9 Å². The first-order chi connectivity index (χ1) is 15.2. The summed E-state index contributed by atoms with van der Waals surface area (Å²) in [6, 6.07) is 20.9. The molecule has 0 N–H and O–H groups in total. The van der Waals surface area contributed by atoms with Crippen LogP contribution in [0.1, 0.15) is 48.9 Å². The van der Waals surface area contributed by atoms with Gasteiger partial charge in [0.25, 0.3) is 0 Å². The average molecular weight is 417 g/mol. The average Bonchev–Trinajstić information content (AvgIpc) is 3.23. The second kappa shape index (κ2) is 10.3. The SMILES string of the molecule is O=C(/C=C/c1ccccc1)N(Cc1cccn1Cc1cccc(F)c1)C1CCCCC1. The molecule has 4 rings (SSSR count). The molecule has 3 nitrogen and oxygen atoms in total. The summed E-state index contributed by atoms with van der Waals surface area (Å²) in [5.41, 5.74) is 3.00.